The normalized spacial score (nSPS) is 25.8. The first-order valence-corrected chi connectivity index (χ1v) is 18.2. The zero-order valence-corrected chi connectivity index (χ0v) is 29.0. The lowest BCUT2D eigenvalue weighted by Gasteiger charge is -2.30. The second kappa shape index (κ2) is 14.8. The van der Waals surface area contributed by atoms with Crippen LogP contribution in [0.5, 0.6) is 11.6 Å². The summed E-state index contributed by atoms with van der Waals surface area (Å²) in [5.74, 6) is -0.269. The Morgan fingerprint density at radius 1 is 1.00 bits per heavy atom. The van der Waals surface area contributed by atoms with Gasteiger partial charge in [-0.05, 0) is 94.1 Å². The number of amides is 2. The summed E-state index contributed by atoms with van der Waals surface area (Å²) in [6.07, 6.45) is 6.09. The molecule has 5 atom stereocenters. The molecule has 2 amide bonds. The number of aliphatic carboxylic acids is 1. The van der Waals surface area contributed by atoms with Crippen LogP contribution in [0.4, 0.5) is 4.79 Å². The highest BCUT2D eigenvalue weighted by Crippen LogP contribution is 2.41. The second-order valence-corrected chi connectivity index (χ2v) is 14.7. The van der Waals surface area contributed by atoms with E-state index in [0.717, 1.165) is 78.4 Å². The highest BCUT2D eigenvalue weighted by Gasteiger charge is 2.47. The van der Waals surface area contributed by atoms with Crippen LogP contribution < -0.4 is 14.8 Å². The van der Waals surface area contributed by atoms with Gasteiger partial charge in [0, 0.05) is 18.4 Å². The summed E-state index contributed by atoms with van der Waals surface area (Å²) in [4.78, 5) is 48.9. The third-order valence-corrected chi connectivity index (χ3v) is 10.7. The van der Waals surface area contributed by atoms with Gasteiger partial charge in [-0.15, -0.1) is 0 Å². The molecule has 1 saturated heterocycles. The Hall–Kier alpha value is -4.38. The number of carboxylic acid groups (broad SMARTS) is 1. The molecule has 7 rings (SSSR count). The first-order valence-electron chi connectivity index (χ1n) is 18.2. The Kier molecular flexibility index (Phi) is 10.1. The number of alkyl carbamates (subject to hydrolysis) is 1. The quantitative estimate of drug-likeness (QED) is 0.330. The average Bonchev–Trinajstić information content (AvgIpc) is 3.46. The second-order valence-electron chi connectivity index (χ2n) is 14.7. The minimum absolute atomic E-state index is 0.0559. The predicted octanol–water partition coefficient (Wildman–Crippen LogP) is 5.01. The lowest BCUT2D eigenvalue weighted by atomic mass is 9.95. The number of para-hydroxylation sites is 1. The van der Waals surface area contributed by atoms with Crippen molar-refractivity contribution in [3.63, 3.8) is 0 Å². The van der Waals surface area contributed by atoms with E-state index in [1.165, 1.54) is 4.90 Å². The van der Waals surface area contributed by atoms with E-state index in [2.05, 4.69) is 10.2 Å². The van der Waals surface area contributed by atoms with E-state index in [1.807, 2.05) is 62.6 Å². The van der Waals surface area contributed by atoms with Crippen molar-refractivity contribution in [2.45, 2.75) is 88.5 Å². The summed E-state index contributed by atoms with van der Waals surface area (Å²) >= 11 is 0. The molecule has 2 fully saturated rings. The number of pyridine rings is 1. The molecule has 11 heteroatoms. The van der Waals surface area contributed by atoms with Gasteiger partial charge in [-0.3, -0.25) is 4.79 Å². The summed E-state index contributed by atoms with van der Waals surface area (Å²) in [7, 11) is 4.08. The summed E-state index contributed by atoms with van der Waals surface area (Å²) < 4.78 is 19.0. The van der Waals surface area contributed by atoms with Crippen molar-refractivity contribution in [2.24, 2.45) is 11.8 Å². The Morgan fingerprint density at radius 2 is 1.76 bits per heavy atom. The summed E-state index contributed by atoms with van der Waals surface area (Å²) in [5, 5.41) is 14.2. The summed E-state index contributed by atoms with van der Waals surface area (Å²) in [6.45, 7) is 1.48. The molecule has 3 heterocycles. The molecule has 1 saturated carbocycles. The third kappa shape index (κ3) is 7.52. The van der Waals surface area contributed by atoms with E-state index in [9.17, 15) is 19.5 Å². The van der Waals surface area contributed by atoms with E-state index >= 15 is 0 Å². The number of nitrogens with zero attached hydrogens (tertiary/aromatic N) is 3. The number of hydrogen-bond donors (Lipinski definition) is 2. The number of carboxylic acids is 1. The Morgan fingerprint density at radius 3 is 2.52 bits per heavy atom. The lowest BCUT2D eigenvalue weighted by molar-refractivity contribution is -0.149. The Labute approximate surface area is 293 Å². The van der Waals surface area contributed by atoms with Crippen molar-refractivity contribution in [3.05, 3.63) is 65.2 Å². The van der Waals surface area contributed by atoms with Gasteiger partial charge in [0.2, 0.25) is 11.8 Å². The largest absolute Gasteiger partial charge is 0.492 e. The van der Waals surface area contributed by atoms with Crippen molar-refractivity contribution in [1.29, 1.82) is 0 Å². The van der Waals surface area contributed by atoms with Crippen molar-refractivity contribution >= 4 is 28.9 Å². The van der Waals surface area contributed by atoms with Gasteiger partial charge in [-0.25, -0.2) is 14.6 Å². The van der Waals surface area contributed by atoms with Crippen molar-refractivity contribution in [2.75, 3.05) is 33.8 Å². The molecule has 50 heavy (non-hydrogen) atoms. The molecule has 3 aromatic rings. The van der Waals surface area contributed by atoms with Crippen LogP contribution >= 0.6 is 0 Å². The van der Waals surface area contributed by atoms with Gasteiger partial charge in [0.05, 0.1) is 24.2 Å². The first-order chi connectivity index (χ1) is 24.2. The number of nitrogens with one attached hydrogen (secondary N) is 1. The van der Waals surface area contributed by atoms with Crippen molar-refractivity contribution in [1.82, 2.24) is 20.1 Å². The molecule has 2 aliphatic heterocycles. The number of hydrogen-bond acceptors (Lipinski definition) is 8. The van der Waals surface area contributed by atoms with Gasteiger partial charge in [0.15, 0.2) is 0 Å². The van der Waals surface area contributed by atoms with Crippen molar-refractivity contribution < 1.29 is 33.7 Å². The van der Waals surface area contributed by atoms with Crippen LogP contribution in [0.3, 0.4) is 0 Å². The maximum absolute atomic E-state index is 14.5. The van der Waals surface area contributed by atoms with Crippen LogP contribution in [0.25, 0.3) is 10.9 Å². The monoisotopic (exact) mass is 684 g/mol. The highest BCUT2D eigenvalue weighted by molar-refractivity contribution is 5.90. The van der Waals surface area contributed by atoms with E-state index in [-0.39, 0.29) is 25.0 Å². The molecular formula is C39H48N4O7. The third-order valence-electron chi connectivity index (χ3n) is 10.7. The number of carbonyl (C=O) groups excluding carboxylic acids is 2. The molecule has 2 aliphatic carbocycles. The molecule has 2 bridgehead atoms. The van der Waals surface area contributed by atoms with Gasteiger partial charge < -0.3 is 34.4 Å². The maximum Gasteiger partial charge on any atom is 0.408 e. The van der Waals surface area contributed by atoms with Crippen LogP contribution in [0.1, 0.15) is 61.6 Å². The molecule has 0 spiro atoms. The molecule has 11 nitrogen and oxygen atoms in total. The number of aromatic nitrogens is 1. The van der Waals surface area contributed by atoms with Gasteiger partial charge in [0.1, 0.15) is 30.0 Å². The zero-order valence-electron chi connectivity index (χ0n) is 29.0. The van der Waals surface area contributed by atoms with Crippen LogP contribution in [-0.4, -0.2) is 95.9 Å². The molecule has 4 aliphatic rings. The molecule has 0 radical (unpaired) electrons. The zero-order chi connectivity index (χ0) is 34.8. The van der Waals surface area contributed by atoms with Crippen LogP contribution in [0.2, 0.25) is 0 Å². The molecule has 1 aromatic heterocycles. The van der Waals surface area contributed by atoms with Gasteiger partial charge >= 0.3 is 12.1 Å². The van der Waals surface area contributed by atoms with Gasteiger partial charge in [0.25, 0.3) is 0 Å². The fourth-order valence-electron chi connectivity index (χ4n) is 8.00. The smallest absolute Gasteiger partial charge is 0.408 e. The average molecular weight is 685 g/mol. The Bertz CT molecular complexity index is 1700. The molecular weight excluding hydrogens is 636 g/mol. The van der Waals surface area contributed by atoms with E-state index < -0.39 is 36.2 Å². The van der Waals surface area contributed by atoms with Gasteiger partial charge in [-0.2, -0.15) is 0 Å². The minimum atomic E-state index is -1.11. The SMILES string of the molecule is CN(C)CCCOc1c2c(nc3ccccc13)O[C@@H]1C[C@@H](C(=O)O)N(C1)C(=O)[C@H](C1Cc3ccccc3C1)NC(=O)O[C@@H]1C[C@H]1CCCCC2. The predicted molar refractivity (Wildman–Crippen MR) is 187 cm³/mol. The number of benzene rings is 2. The highest BCUT2D eigenvalue weighted by atomic mass is 16.6. The molecule has 2 N–H and O–H groups in total. The fraction of sp³-hybridized carbons (Fsp3) is 0.538. The minimum Gasteiger partial charge on any atom is -0.492 e. The number of ether oxygens (including phenoxy) is 3. The fourth-order valence-corrected chi connectivity index (χ4v) is 8.00. The number of carbonyl (C=O) groups is 3. The van der Waals surface area contributed by atoms with E-state index in [1.54, 1.807) is 0 Å². The molecule has 2 aromatic carbocycles. The standard InChI is InChI=1S/C39H48N4O7/c1-42(2)17-10-18-48-35-29-14-8-9-16-31(29)40-36-30(35)15-5-3-4-13-26-21-33(26)50-39(47)41-34(27-19-24-11-6-7-12-25(24)20-27)37(44)43-23-28(49-36)22-32(43)38(45)46/h6-9,11-12,14,16,26-28,32-34H,3-5,10,13,15,17-23H2,1-2H3,(H,41,47)(H,45,46)/t26-,28-,32+,33-,34+/m1/s1. The maximum atomic E-state index is 14.5. The molecule has 266 valence electrons. The van der Waals surface area contributed by atoms with E-state index in [4.69, 9.17) is 19.2 Å². The lowest BCUT2D eigenvalue weighted by Crippen LogP contribution is -2.55. The van der Waals surface area contributed by atoms with Crippen molar-refractivity contribution in [3.8, 4) is 11.6 Å². The van der Waals surface area contributed by atoms with Crippen LogP contribution in [-0.2, 0) is 33.6 Å². The van der Waals surface area contributed by atoms with Gasteiger partial charge in [-0.1, -0.05) is 49.2 Å². The topological polar surface area (TPSA) is 131 Å². The number of fused-ring (bicyclic) bond motifs is 6. The van der Waals surface area contributed by atoms with Crippen LogP contribution in [0.15, 0.2) is 48.5 Å². The Balaban J connectivity index is 1.21. The number of rotatable bonds is 7. The van der Waals surface area contributed by atoms with Crippen LogP contribution in [0, 0.1) is 11.8 Å². The first kappa shape index (κ1) is 34.1. The van der Waals surface area contributed by atoms with E-state index in [0.29, 0.717) is 37.7 Å². The molecule has 0 unspecified atom stereocenters. The summed E-state index contributed by atoms with van der Waals surface area (Å²) in [6, 6.07) is 13.8. The summed E-state index contributed by atoms with van der Waals surface area (Å²) in [5.41, 5.74) is 3.89.